The van der Waals surface area contributed by atoms with Crippen molar-refractivity contribution in [2.24, 2.45) is 0 Å². The van der Waals surface area contributed by atoms with Gasteiger partial charge in [0.25, 0.3) is 5.91 Å². The fraction of sp³-hybridized carbons (Fsp3) is 0.393. The molecule has 3 aromatic rings. The maximum absolute atomic E-state index is 13.0. The Hall–Kier alpha value is -2.99. The molecule has 0 spiro atoms. The number of benzene rings is 2. The Morgan fingerprint density at radius 2 is 1.79 bits per heavy atom. The topological polar surface area (TPSA) is 62.3 Å². The van der Waals surface area contributed by atoms with E-state index in [1.165, 1.54) is 5.56 Å². The largest absolute Gasteiger partial charge is 0.343 e. The first kappa shape index (κ1) is 24.1. The number of hydrogen-bond donors (Lipinski definition) is 1. The standard InChI is InChI=1S/C28H33N3O2S/c1-3-4-5-10-26(32)31-17-15-22(16-18-31)28-30-25(19-34-28)27(33)29-24-9-7-6-8-23(24)21-13-11-20(2)12-14-21/h6-9,11-14,19,22H,3-5,10,15-18H2,1-2H3,(H,29,33). The van der Waals surface area contributed by atoms with E-state index in [-0.39, 0.29) is 11.8 Å². The van der Waals surface area contributed by atoms with E-state index in [9.17, 15) is 9.59 Å². The van der Waals surface area contributed by atoms with E-state index in [2.05, 4.69) is 48.4 Å². The van der Waals surface area contributed by atoms with E-state index in [1.54, 1.807) is 11.3 Å². The van der Waals surface area contributed by atoms with Gasteiger partial charge in [-0.25, -0.2) is 4.98 Å². The molecule has 0 aliphatic carbocycles. The molecule has 2 amide bonds. The molecule has 0 atom stereocenters. The lowest BCUT2D eigenvalue weighted by molar-refractivity contribution is -0.132. The Morgan fingerprint density at radius 1 is 1.06 bits per heavy atom. The molecule has 1 aliphatic rings. The minimum atomic E-state index is -0.189. The summed E-state index contributed by atoms with van der Waals surface area (Å²) in [6.07, 6.45) is 5.70. The highest BCUT2D eigenvalue weighted by molar-refractivity contribution is 7.10. The minimum absolute atomic E-state index is 0.189. The van der Waals surface area contributed by atoms with Crippen LogP contribution in [0.5, 0.6) is 0 Å². The van der Waals surface area contributed by atoms with Crippen LogP contribution in [0, 0.1) is 6.92 Å². The molecule has 178 valence electrons. The number of unbranched alkanes of at least 4 members (excludes halogenated alkanes) is 2. The second-order valence-corrected chi connectivity index (χ2v) is 9.94. The van der Waals surface area contributed by atoms with Crippen LogP contribution in [0.15, 0.2) is 53.9 Å². The number of rotatable bonds is 8. The highest BCUT2D eigenvalue weighted by atomic mass is 32.1. The molecular formula is C28H33N3O2S. The Morgan fingerprint density at radius 3 is 2.53 bits per heavy atom. The van der Waals surface area contributed by atoms with Crippen LogP contribution in [0.2, 0.25) is 0 Å². The van der Waals surface area contributed by atoms with Crippen molar-refractivity contribution >= 4 is 28.8 Å². The van der Waals surface area contributed by atoms with E-state index in [0.29, 0.717) is 18.0 Å². The monoisotopic (exact) mass is 475 g/mol. The lowest BCUT2D eigenvalue weighted by Crippen LogP contribution is -2.37. The summed E-state index contributed by atoms with van der Waals surface area (Å²) in [5, 5.41) is 5.90. The van der Waals surface area contributed by atoms with Gasteiger partial charge in [0.05, 0.1) is 5.01 Å². The van der Waals surface area contributed by atoms with Gasteiger partial charge >= 0.3 is 0 Å². The Balaban J connectivity index is 1.37. The van der Waals surface area contributed by atoms with Gasteiger partial charge in [-0.1, -0.05) is 67.8 Å². The lowest BCUT2D eigenvalue weighted by atomic mass is 9.97. The number of anilines is 1. The highest BCUT2D eigenvalue weighted by Gasteiger charge is 2.26. The summed E-state index contributed by atoms with van der Waals surface area (Å²) in [4.78, 5) is 32.1. The summed E-state index contributed by atoms with van der Waals surface area (Å²) in [6, 6.07) is 16.1. The van der Waals surface area contributed by atoms with Gasteiger partial charge < -0.3 is 10.2 Å². The second-order valence-electron chi connectivity index (χ2n) is 9.05. The molecule has 5 nitrogen and oxygen atoms in total. The van der Waals surface area contributed by atoms with Gasteiger partial charge in [-0.15, -0.1) is 11.3 Å². The normalized spacial score (nSPS) is 14.2. The molecule has 1 aromatic heterocycles. The third-order valence-electron chi connectivity index (χ3n) is 6.48. The number of carbonyl (C=O) groups excluding carboxylic acids is 2. The van der Waals surface area contributed by atoms with E-state index < -0.39 is 0 Å². The second kappa shape index (κ2) is 11.4. The summed E-state index contributed by atoms with van der Waals surface area (Å²) in [5.41, 5.74) is 4.49. The van der Waals surface area contributed by atoms with Crippen molar-refractivity contribution in [3.63, 3.8) is 0 Å². The van der Waals surface area contributed by atoms with Crippen molar-refractivity contribution in [3.8, 4) is 11.1 Å². The molecule has 2 heterocycles. The van der Waals surface area contributed by atoms with Crippen LogP contribution in [-0.4, -0.2) is 34.8 Å². The number of amides is 2. The average Bonchev–Trinajstić information content (AvgIpc) is 3.36. The number of likely N-dealkylation sites (tertiary alicyclic amines) is 1. The summed E-state index contributed by atoms with van der Waals surface area (Å²) in [7, 11) is 0. The SMILES string of the molecule is CCCCCC(=O)N1CCC(c2nc(C(=O)Nc3ccccc3-c3ccc(C)cc3)cs2)CC1. The van der Waals surface area contributed by atoms with E-state index >= 15 is 0 Å². The van der Waals surface area contributed by atoms with Crippen molar-refractivity contribution in [1.82, 2.24) is 9.88 Å². The molecule has 0 radical (unpaired) electrons. The van der Waals surface area contributed by atoms with Gasteiger partial charge in [-0.3, -0.25) is 9.59 Å². The molecule has 6 heteroatoms. The Bertz CT molecular complexity index is 1110. The van der Waals surface area contributed by atoms with Crippen LogP contribution in [-0.2, 0) is 4.79 Å². The summed E-state index contributed by atoms with van der Waals surface area (Å²) in [6.45, 7) is 5.77. The third-order valence-corrected chi connectivity index (χ3v) is 7.49. The number of thiazole rings is 1. The van der Waals surface area contributed by atoms with Crippen LogP contribution >= 0.6 is 11.3 Å². The fourth-order valence-corrected chi connectivity index (χ4v) is 5.37. The quantitative estimate of drug-likeness (QED) is 0.371. The van der Waals surface area contributed by atoms with Crippen molar-refractivity contribution in [2.75, 3.05) is 18.4 Å². The number of para-hydroxylation sites is 1. The molecule has 2 aromatic carbocycles. The zero-order valence-corrected chi connectivity index (χ0v) is 20.9. The van der Waals surface area contributed by atoms with Crippen molar-refractivity contribution < 1.29 is 9.59 Å². The molecule has 0 bridgehead atoms. The number of nitrogens with one attached hydrogen (secondary N) is 1. The highest BCUT2D eigenvalue weighted by Crippen LogP contribution is 2.32. The molecule has 34 heavy (non-hydrogen) atoms. The van der Waals surface area contributed by atoms with E-state index in [1.807, 2.05) is 34.5 Å². The Labute approximate surface area is 206 Å². The van der Waals surface area contributed by atoms with Gasteiger partial charge in [-0.05, 0) is 37.8 Å². The number of piperidine rings is 1. The predicted molar refractivity (Wildman–Crippen MR) is 139 cm³/mol. The van der Waals surface area contributed by atoms with Crippen molar-refractivity contribution in [2.45, 2.75) is 58.3 Å². The number of carbonyl (C=O) groups is 2. The molecular weight excluding hydrogens is 442 g/mol. The van der Waals surface area contributed by atoms with Gasteiger partial charge in [0.15, 0.2) is 0 Å². The van der Waals surface area contributed by atoms with Crippen LogP contribution < -0.4 is 5.32 Å². The number of aryl methyl sites for hydroxylation is 1. The molecule has 1 saturated heterocycles. The molecule has 1 aliphatic heterocycles. The zero-order chi connectivity index (χ0) is 23.9. The van der Waals surface area contributed by atoms with Crippen molar-refractivity contribution in [3.05, 3.63) is 70.2 Å². The van der Waals surface area contributed by atoms with Gasteiger partial charge in [-0.2, -0.15) is 0 Å². The zero-order valence-electron chi connectivity index (χ0n) is 20.0. The summed E-state index contributed by atoms with van der Waals surface area (Å²) < 4.78 is 0. The van der Waals surface area contributed by atoms with Gasteiger partial charge in [0.1, 0.15) is 5.69 Å². The Kier molecular flexibility index (Phi) is 8.12. The third kappa shape index (κ3) is 5.92. The maximum Gasteiger partial charge on any atom is 0.275 e. The maximum atomic E-state index is 13.0. The molecule has 1 fully saturated rings. The minimum Gasteiger partial charge on any atom is -0.343 e. The van der Waals surface area contributed by atoms with Crippen LogP contribution in [0.1, 0.15) is 72.4 Å². The smallest absolute Gasteiger partial charge is 0.275 e. The first-order chi connectivity index (χ1) is 16.5. The number of aromatic nitrogens is 1. The number of hydrogen-bond acceptors (Lipinski definition) is 4. The first-order valence-electron chi connectivity index (χ1n) is 12.3. The number of nitrogens with zero attached hydrogens (tertiary/aromatic N) is 2. The lowest BCUT2D eigenvalue weighted by Gasteiger charge is -2.31. The van der Waals surface area contributed by atoms with E-state index in [4.69, 9.17) is 0 Å². The van der Waals surface area contributed by atoms with Crippen LogP contribution in [0.4, 0.5) is 5.69 Å². The first-order valence-corrected chi connectivity index (χ1v) is 13.1. The molecule has 0 unspecified atom stereocenters. The van der Waals surface area contributed by atoms with Crippen LogP contribution in [0.3, 0.4) is 0 Å². The summed E-state index contributed by atoms with van der Waals surface area (Å²) in [5.74, 6) is 0.398. The van der Waals surface area contributed by atoms with Crippen LogP contribution in [0.25, 0.3) is 11.1 Å². The van der Waals surface area contributed by atoms with Crippen molar-refractivity contribution in [1.29, 1.82) is 0 Å². The van der Waals surface area contributed by atoms with Gasteiger partial charge in [0.2, 0.25) is 5.91 Å². The van der Waals surface area contributed by atoms with Gasteiger partial charge in [0, 0.05) is 42.1 Å². The molecule has 0 saturated carbocycles. The fourth-order valence-electron chi connectivity index (χ4n) is 4.40. The molecule has 1 N–H and O–H groups in total. The molecule has 4 rings (SSSR count). The predicted octanol–water partition coefficient (Wildman–Crippen LogP) is 6.66. The summed E-state index contributed by atoms with van der Waals surface area (Å²) >= 11 is 1.55. The average molecular weight is 476 g/mol. The van der Waals surface area contributed by atoms with E-state index in [0.717, 1.165) is 67.0 Å².